The quantitative estimate of drug-likeness (QED) is 0.828. The van der Waals surface area contributed by atoms with E-state index in [0.29, 0.717) is 17.9 Å². The van der Waals surface area contributed by atoms with Crippen molar-refractivity contribution in [1.82, 2.24) is 9.80 Å². The zero-order chi connectivity index (χ0) is 17.4. The van der Waals surface area contributed by atoms with Crippen LogP contribution in [-0.4, -0.2) is 53.8 Å². The number of rotatable bonds is 5. The maximum atomic E-state index is 12.4. The summed E-state index contributed by atoms with van der Waals surface area (Å²) < 4.78 is 0. The molecular weight excluding hydrogens is 314 g/mol. The van der Waals surface area contributed by atoms with E-state index in [1.165, 1.54) is 19.3 Å². The zero-order valence-corrected chi connectivity index (χ0v) is 15.4. The molecule has 0 aromatic carbocycles. The molecule has 0 spiro atoms. The summed E-state index contributed by atoms with van der Waals surface area (Å²) >= 11 is 0. The number of carbonyl (C=O) groups is 2. The number of hydrogen-bond donors (Lipinski definition) is 1. The summed E-state index contributed by atoms with van der Waals surface area (Å²) in [6.07, 6.45) is 11.0. The topological polar surface area (TPSA) is 66.6 Å². The molecule has 2 aliphatic heterocycles. The van der Waals surface area contributed by atoms with Crippen molar-refractivity contribution in [2.45, 2.75) is 70.3 Å². The summed E-state index contributed by atoms with van der Waals surface area (Å²) in [4.78, 5) is 29.2. The first kappa shape index (κ1) is 17.3. The molecule has 0 aromatic rings. The highest BCUT2D eigenvalue weighted by molar-refractivity contribution is 5.81. The van der Waals surface area contributed by atoms with Crippen molar-refractivity contribution in [2.75, 3.05) is 26.2 Å². The monoisotopic (exact) mass is 347 g/mol. The van der Waals surface area contributed by atoms with Crippen molar-refractivity contribution in [1.29, 1.82) is 0 Å². The number of hydrogen-bond acceptors (Lipinski definition) is 3. The molecule has 5 heteroatoms. The van der Waals surface area contributed by atoms with E-state index in [0.717, 1.165) is 77.0 Å². The SMILES string of the molecule is NC(=O)C1(CC2CC2)CCN(C2CCN(C(=O)C3CCC3)CC2)CC1. The summed E-state index contributed by atoms with van der Waals surface area (Å²) in [6, 6.07) is 0.581. The van der Waals surface area contributed by atoms with Gasteiger partial charge in [-0.15, -0.1) is 0 Å². The molecule has 5 nitrogen and oxygen atoms in total. The van der Waals surface area contributed by atoms with Gasteiger partial charge in [-0.25, -0.2) is 0 Å². The largest absolute Gasteiger partial charge is 0.369 e. The Hall–Kier alpha value is -1.10. The van der Waals surface area contributed by atoms with Crippen LogP contribution in [0.15, 0.2) is 0 Å². The Bertz CT molecular complexity index is 511. The van der Waals surface area contributed by atoms with Crippen LogP contribution in [-0.2, 0) is 9.59 Å². The Balaban J connectivity index is 1.27. The van der Waals surface area contributed by atoms with E-state index in [4.69, 9.17) is 5.73 Å². The van der Waals surface area contributed by atoms with Gasteiger partial charge in [0.15, 0.2) is 0 Å². The molecule has 2 saturated carbocycles. The van der Waals surface area contributed by atoms with Crippen LogP contribution < -0.4 is 5.73 Å². The van der Waals surface area contributed by atoms with Gasteiger partial charge < -0.3 is 15.5 Å². The number of amides is 2. The Morgan fingerprint density at radius 1 is 0.920 bits per heavy atom. The lowest BCUT2D eigenvalue weighted by atomic mass is 9.73. The number of nitrogens with zero attached hydrogens (tertiary/aromatic N) is 2. The number of likely N-dealkylation sites (tertiary alicyclic amines) is 2. The average Bonchev–Trinajstić information content (AvgIpc) is 3.38. The van der Waals surface area contributed by atoms with Crippen LogP contribution in [0.25, 0.3) is 0 Å². The van der Waals surface area contributed by atoms with Gasteiger partial charge in [0.25, 0.3) is 0 Å². The second-order valence-corrected chi connectivity index (χ2v) is 9.01. The molecule has 0 atom stereocenters. The highest BCUT2D eigenvalue weighted by Crippen LogP contribution is 2.46. The molecule has 0 unspecified atom stereocenters. The Morgan fingerprint density at radius 3 is 2.04 bits per heavy atom. The number of piperidine rings is 2. The molecule has 0 radical (unpaired) electrons. The molecular formula is C20H33N3O2. The second-order valence-electron chi connectivity index (χ2n) is 9.01. The van der Waals surface area contributed by atoms with Crippen molar-refractivity contribution in [2.24, 2.45) is 23.0 Å². The molecule has 140 valence electrons. The summed E-state index contributed by atoms with van der Waals surface area (Å²) in [6.45, 7) is 3.83. The van der Waals surface area contributed by atoms with Crippen molar-refractivity contribution in [3.63, 3.8) is 0 Å². The third-order valence-electron chi connectivity index (χ3n) is 7.40. The van der Waals surface area contributed by atoms with Crippen LogP contribution in [0.1, 0.15) is 64.2 Å². The summed E-state index contributed by atoms with van der Waals surface area (Å²) in [7, 11) is 0. The van der Waals surface area contributed by atoms with Crippen LogP contribution in [0.3, 0.4) is 0 Å². The van der Waals surface area contributed by atoms with E-state index < -0.39 is 0 Å². The lowest BCUT2D eigenvalue weighted by Gasteiger charge is -2.45. The van der Waals surface area contributed by atoms with Gasteiger partial charge in [-0.2, -0.15) is 0 Å². The van der Waals surface area contributed by atoms with Gasteiger partial charge in [0, 0.05) is 25.0 Å². The number of primary amides is 1. The fourth-order valence-corrected chi connectivity index (χ4v) is 5.11. The zero-order valence-electron chi connectivity index (χ0n) is 15.4. The Labute approximate surface area is 151 Å². The van der Waals surface area contributed by atoms with E-state index in [9.17, 15) is 9.59 Å². The molecule has 4 fully saturated rings. The smallest absolute Gasteiger partial charge is 0.225 e. The van der Waals surface area contributed by atoms with Gasteiger partial charge in [0.1, 0.15) is 0 Å². The van der Waals surface area contributed by atoms with E-state index in [2.05, 4.69) is 9.80 Å². The second kappa shape index (κ2) is 6.90. The Kier molecular flexibility index (Phi) is 4.78. The number of carbonyl (C=O) groups excluding carboxylic acids is 2. The van der Waals surface area contributed by atoms with Crippen molar-refractivity contribution in [3.8, 4) is 0 Å². The third-order valence-corrected chi connectivity index (χ3v) is 7.40. The van der Waals surface area contributed by atoms with E-state index in [1.54, 1.807) is 0 Å². The van der Waals surface area contributed by atoms with E-state index in [-0.39, 0.29) is 11.3 Å². The molecule has 4 aliphatic rings. The summed E-state index contributed by atoms with van der Waals surface area (Å²) in [5, 5.41) is 0. The molecule has 2 saturated heterocycles. The fourth-order valence-electron chi connectivity index (χ4n) is 5.11. The number of nitrogens with two attached hydrogens (primary N) is 1. The predicted octanol–water partition coefficient (Wildman–Crippen LogP) is 2.15. The Morgan fingerprint density at radius 2 is 1.56 bits per heavy atom. The molecule has 0 aromatic heterocycles. The fraction of sp³-hybridized carbons (Fsp3) is 0.900. The van der Waals surface area contributed by atoms with Crippen molar-refractivity contribution >= 4 is 11.8 Å². The van der Waals surface area contributed by atoms with Gasteiger partial charge in [-0.3, -0.25) is 9.59 Å². The van der Waals surface area contributed by atoms with Crippen LogP contribution >= 0.6 is 0 Å². The van der Waals surface area contributed by atoms with Crippen LogP contribution in [0, 0.1) is 17.3 Å². The average molecular weight is 348 g/mol. The molecule has 2 heterocycles. The first-order valence-corrected chi connectivity index (χ1v) is 10.4. The molecule has 0 bridgehead atoms. The molecule has 25 heavy (non-hydrogen) atoms. The van der Waals surface area contributed by atoms with Gasteiger partial charge in [0.05, 0.1) is 5.41 Å². The van der Waals surface area contributed by atoms with Gasteiger partial charge >= 0.3 is 0 Å². The molecule has 2 aliphatic carbocycles. The lowest BCUT2D eigenvalue weighted by Crippen LogP contribution is -2.53. The third kappa shape index (κ3) is 3.57. The van der Waals surface area contributed by atoms with Crippen LogP contribution in [0.5, 0.6) is 0 Å². The van der Waals surface area contributed by atoms with Crippen LogP contribution in [0.2, 0.25) is 0 Å². The first-order valence-electron chi connectivity index (χ1n) is 10.4. The van der Waals surface area contributed by atoms with Crippen molar-refractivity contribution in [3.05, 3.63) is 0 Å². The molecule has 2 amide bonds. The minimum atomic E-state index is -0.238. The highest BCUT2D eigenvalue weighted by atomic mass is 16.2. The van der Waals surface area contributed by atoms with E-state index >= 15 is 0 Å². The lowest BCUT2D eigenvalue weighted by molar-refractivity contribution is -0.140. The molecule has 2 N–H and O–H groups in total. The maximum absolute atomic E-state index is 12.4. The van der Waals surface area contributed by atoms with Crippen LogP contribution in [0.4, 0.5) is 0 Å². The first-order chi connectivity index (χ1) is 12.1. The van der Waals surface area contributed by atoms with Gasteiger partial charge in [-0.05, 0) is 64.0 Å². The summed E-state index contributed by atoms with van der Waals surface area (Å²) in [5.74, 6) is 1.41. The highest BCUT2D eigenvalue weighted by Gasteiger charge is 2.45. The standard InChI is InChI=1S/C20H33N3O2/c21-19(25)20(14-15-4-5-15)8-12-22(13-9-20)17-6-10-23(11-7-17)18(24)16-2-1-3-16/h15-17H,1-14H2,(H2,21,25). The van der Waals surface area contributed by atoms with Gasteiger partial charge in [0.2, 0.25) is 11.8 Å². The van der Waals surface area contributed by atoms with Crippen molar-refractivity contribution < 1.29 is 9.59 Å². The minimum Gasteiger partial charge on any atom is -0.369 e. The summed E-state index contributed by atoms with van der Waals surface area (Å²) in [5.41, 5.74) is 5.56. The predicted molar refractivity (Wildman–Crippen MR) is 96.7 cm³/mol. The normalized spacial score (nSPS) is 28.6. The molecule has 4 rings (SSSR count). The van der Waals surface area contributed by atoms with Gasteiger partial charge in [-0.1, -0.05) is 19.3 Å². The minimum absolute atomic E-state index is 0.0695. The maximum Gasteiger partial charge on any atom is 0.225 e. The van der Waals surface area contributed by atoms with E-state index in [1.807, 2.05) is 0 Å².